The highest BCUT2D eigenvalue weighted by Crippen LogP contribution is 2.16. The molecule has 138 valence electrons. The van der Waals surface area contributed by atoms with E-state index in [-0.39, 0.29) is 24.3 Å². The summed E-state index contributed by atoms with van der Waals surface area (Å²) < 4.78 is 5.48. The van der Waals surface area contributed by atoms with Crippen LogP contribution in [-0.2, 0) is 11.2 Å². The second-order valence-corrected chi connectivity index (χ2v) is 7.00. The first-order valence-corrected chi connectivity index (χ1v) is 8.97. The van der Waals surface area contributed by atoms with Crippen LogP contribution in [0.3, 0.4) is 0 Å². The summed E-state index contributed by atoms with van der Waals surface area (Å²) in [6.07, 6.45) is 1.05. The summed E-state index contributed by atoms with van der Waals surface area (Å²) >= 11 is 0. The molecule has 1 unspecified atom stereocenters. The molecule has 2 rings (SSSR count). The van der Waals surface area contributed by atoms with Gasteiger partial charge in [0.05, 0.1) is 6.04 Å². The first-order valence-electron chi connectivity index (χ1n) is 8.97. The molecule has 26 heavy (non-hydrogen) atoms. The van der Waals surface area contributed by atoms with Crippen LogP contribution in [0.1, 0.15) is 55.2 Å². The maximum Gasteiger partial charge on any atom is 0.258 e. The molecule has 1 amide bonds. The lowest BCUT2D eigenvalue weighted by Crippen LogP contribution is -2.31. The van der Waals surface area contributed by atoms with Gasteiger partial charge in [-0.25, -0.2) is 0 Å². The van der Waals surface area contributed by atoms with Gasteiger partial charge in [0.2, 0.25) is 0 Å². The van der Waals surface area contributed by atoms with Gasteiger partial charge in [0.15, 0.2) is 12.4 Å². The molecule has 1 N–H and O–H groups in total. The molecule has 4 nitrogen and oxygen atoms in total. The monoisotopic (exact) mass is 353 g/mol. The number of hydrogen-bond donors (Lipinski definition) is 1. The maximum atomic E-state index is 12.1. The summed E-state index contributed by atoms with van der Waals surface area (Å²) in [7, 11) is 0. The van der Waals surface area contributed by atoms with E-state index in [1.165, 1.54) is 12.5 Å². The lowest BCUT2D eigenvalue weighted by atomic mass is 10.00. The number of benzene rings is 2. The summed E-state index contributed by atoms with van der Waals surface area (Å²) in [5, 5.41) is 2.94. The number of carbonyl (C=O) groups is 2. The SMILES string of the molecule is CC(=O)c1ccc(OCC(=O)NC(C)c2ccc(CC(C)C)cc2)cc1. The van der Waals surface area contributed by atoms with Gasteiger partial charge in [0.1, 0.15) is 5.75 Å². The summed E-state index contributed by atoms with van der Waals surface area (Å²) in [5.41, 5.74) is 2.99. The van der Waals surface area contributed by atoms with E-state index in [2.05, 4.69) is 43.4 Å². The van der Waals surface area contributed by atoms with Crippen molar-refractivity contribution in [3.63, 3.8) is 0 Å². The number of ketones is 1. The average Bonchev–Trinajstić information content (AvgIpc) is 2.60. The maximum absolute atomic E-state index is 12.1. The highest BCUT2D eigenvalue weighted by molar-refractivity contribution is 5.94. The summed E-state index contributed by atoms with van der Waals surface area (Å²) in [6.45, 7) is 7.81. The standard InChI is InChI=1S/C22H27NO3/c1-15(2)13-18-5-7-19(8-6-18)16(3)23-22(25)14-26-21-11-9-20(10-12-21)17(4)24/h5-12,15-16H,13-14H2,1-4H3,(H,23,25). The van der Waals surface area contributed by atoms with Gasteiger partial charge in [-0.2, -0.15) is 0 Å². The quantitative estimate of drug-likeness (QED) is 0.718. The number of amides is 1. The molecule has 0 aliphatic rings. The van der Waals surface area contributed by atoms with Gasteiger partial charge in [0.25, 0.3) is 5.91 Å². The molecule has 0 radical (unpaired) electrons. The lowest BCUT2D eigenvalue weighted by Gasteiger charge is -2.15. The molecule has 0 aliphatic carbocycles. The molecule has 1 atom stereocenters. The third-order valence-corrected chi connectivity index (χ3v) is 4.13. The molecule has 2 aromatic rings. The molecule has 0 aliphatic heterocycles. The zero-order valence-electron chi connectivity index (χ0n) is 15.9. The molecule has 0 bridgehead atoms. The van der Waals surface area contributed by atoms with Crippen LogP contribution in [0.15, 0.2) is 48.5 Å². The second kappa shape index (κ2) is 9.18. The Kier molecular flexibility index (Phi) is 6.96. The van der Waals surface area contributed by atoms with E-state index in [0.717, 1.165) is 12.0 Å². The molecule has 0 heterocycles. The number of rotatable bonds is 8. The molecular weight excluding hydrogens is 326 g/mol. The molecule has 4 heteroatoms. The van der Waals surface area contributed by atoms with Crippen molar-refractivity contribution in [1.29, 1.82) is 0 Å². The van der Waals surface area contributed by atoms with Crippen LogP contribution in [-0.4, -0.2) is 18.3 Å². The van der Waals surface area contributed by atoms with Gasteiger partial charge in [-0.05, 0) is 61.6 Å². The van der Waals surface area contributed by atoms with Crippen LogP contribution in [0.4, 0.5) is 0 Å². The van der Waals surface area contributed by atoms with Gasteiger partial charge in [-0.1, -0.05) is 38.1 Å². The molecular formula is C22H27NO3. The Labute approximate surface area is 155 Å². The van der Waals surface area contributed by atoms with Gasteiger partial charge < -0.3 is 10.1 Å². The molecule has 0 spiro atoms. The van der Waals surface area contributed by atoms with Crippen LogP contribution in [0.5, 0.6) is 5.75 Å². The Bertz CT molecular complexity index is 733. The molecule has 2 aromatic carbocycles. The summed E-state index contributed by atoms with van der Waals surface area (Å²) in [4.78, 5) is 23.3. The number of carbonyl (C=O) groups excluding carboxylic acids is 2. The smallest absolute Gasteiger partial charge is 0.258 e. The fraction of sp³-hybridized carbons (Fsp3) is 0.364. The highest BCUT2D eigenvalue weighted by Gasteiger charge is 2.11. The summed E-state index contributed by atoms with van der Waals surface area (Å²) in [5.74, 6) is 1.01. The van der Waals surface area contributed by atoms with Crippen molar-refractivity contribution in [1.82, 2.24) is 5.32 Å². The Morgan fingerprint density at radius 2 is 1.58 bits per heavy atom. The third-order valence-electron chi connectivity index (χ3n) is 4.13. The zero-order chi connectivity index (χ0) is 19.1. The van der Waals surface area contributed by atoms with Crippen molar-refractivity contribution in [2.75, 3.05) is 6.61 Å². The van der Waals surface area contributed by atoms with E-state index in [4.69, 9.17) is 4.74 Å². The number of hydrogen-bond acceptors (Lipinski definition) is 3. The highest BCUT2D eigenvalue weighted by atomic mass is 16.5. The van der Waals surface area contributed by atoms with Crippen LogP contribution in [0.25, 0.3) is 0 Å². The minimum absolute atomic E-state index is 0.00234. The van der Waals surface area contributed by atoms with Crippen LogP contribution in [0.2, 0.25) is 0 Å². The molecule has 0 saturated heterocycles. The first kappa shape index (κ1) is 19.7. The van der Waals surface area contributed by atoms with Gasteiger partial charge in [-0.3, -0.25) is 9.59 Å². The van der Waals surface area contributed by atoms with Crippen molar-refractivity contribution in [3.05, 3.63) is 65.2 Å². The van der Waals surface area contributed by atoms with Gasteiger partial charge in [0, 0.05) is 5.56 Å². The Morgan fingerprint density at radius 1 is 0.962 bits per heavy atom. The van der Waals surface area contributed by atoms with E-state index >= 15 is 0 Å². The van der Waals surface area contributed by atoms with E-state index in [1.807, 2.05) is 6.92 Å². The Hall–Kier alpha value is -2.62. The van der Waals surface area contributed by atoms with Crippen molar-refractivity contribution in [2.45, 2.75) is 40.2 Å². The van der Waals surface area contributed by atoms with Crippen molar-refractivity contribution < 1.29 is 14.3 Å². The molecule has 0 aromatic heterocycles. The zero-order valence-corrected chi connectivity index (χ0v) is 15.9. The topological polar surface area (TPSA) is 55.4 Å². The van der Waals surface area contributed by atoms with Gasteiger partial charge in [-0.15, -0.1) is 0 Å². The minimum Gasteiger partial charge on any atom is -0.484 e. The fourth-order valence-corrected chi connectivity index (χ4v) is 2.72. The molecule has 0 saturated carbocycles. The van der Waals surface area contributed by atoms with E-state index in [0.29, 0.717) is 17.2 Å². The normalized spacial score (nSPS) is 11.9. The predicted molar refractivity (Wildman–Crippen MR) is 103 cm³/mol. The number of Topliss-reactive ketones (excluding diaryl/α,β-unsaturated/α-hetero) is 1. The van der Waals surface area contributed by atoms with Crippen molar-refractivity contribution in [2.24, 2.45) is 5.92 Å². The fourth-order valence-electron chi connectivity index (χ4n) is 2.72. The van der Waals surface area contributed by atoms with E-state index < -0.39 is 0 Å². The van der Waals surface area contributed by atoms with Gasteiger partial charge >= 0.3 is 0 Å². The number of ether oxygens (including phenoxy) is 1. The van der Waals surface area contributed by atoms with Crippen LogP contribution in [0, 0.1) is 5.92 Å². The Balaban J connectivity index is 1.83. The lowest BCUT2D eigenvalue weighted by molar-refractivity contribution is -0.123. The largest absolute Gasteiger partial charge is 0.484 e. The van der Waals surface area contributed by atoms with Crippen molar-refractivity contribution in [3.8, 4) is 5.75 Å². The average molecular weight is 353 g/mol. The minimum atomic E-state index is -0.181. The van der Waals surface area contributed by atoms with Crippen LogP contribution < -0.4 is 10.1 Å². The van der Waals surface area contributed by atoms with E-state index in [9.17, 15) is 9.59 Å². The third kappa shape index (κ3) is 6.03. The van der Waals surface area contributed by atoms with E-state index in [1.54, 1.807) is 24.3 Å². The molecule has 0 fully saturated rings. The predicted octanol–water partition coefficient (Wildman–Crippen LogP) is 4.34. The summed E-state index contributed by atoms with van der Waals surface area (Å²) in [6, 6.07) is 15.0. The van der Waals surface area contributed by atoms with Crippen LogP contribution >= 0.6 is 0 Å². The number of nitrogens with one attached hydrogen (secondary N) is 1. The Morgan fingerprint density at radius 3 is 2.12 bits per heavy atom. The van der Waals surface area contributed by atoms with Crippen molar-refractivity contribution >= 4 is 11.7 Å². The first-order chi connectivity index (χ1) is 12.3. The second-order valence-electron chi connectivity index (χ2n) is 7.00.